The van der Waals surface area contributed by atoms with Gasteiger partial charge < -0.3 is 24.6 Å². The van der Waals surface area contributed by atoms with Crippen molar-refractivity contribution >= 4 is 5.96 Å². The molecule has 2 N–H and O–H groups in total. The molecule has 2 rings (SSSR count). The van der Waals surface area contributed by atoms with Gasteiger partial charge in [0, 0.05) is 38.5 Å². The second-order valence-electron chi connectivity index (χ2n) is 5.96. The molecule has 0 aliphatic rings. The zero-order valence-corrected chi connectivity index (χ0v) is 15.8. The predicted molar refractivity (Wildman–Crippen MR) is 99.2 cm³/mol. The zero-order valence-electron chi connectivity index (χ0n) is 15.8. The number of methoxy groups -OCH3 is 1. The number of hydrogen-bond donors (Lipinski definition) is 2. The molecule has 2 aromatic rings. The molecule has 8 nitrogen and oxygen atoms in total. The second kappa shape index (κ2) is 10.4. The van der Waals surface area contributed by atoms with Gasteiger partial charge in [0.05, 0.1) is 18.8 Å². The van der Waals surface area contributed by atoms with Gasteiger partial charge in [-0.2, -0.15) is 0 Å². The van der Waals surface area contributed by atoms with Gasteiger partial charge >= 0.3 is 0 Å². The van der Waals surface area contributed by atoms with E-state index in [-0.39, 0.29) is 0 Å². The summed E-state index contributed by atoms with van der Waals surface area (Å²) in [6, 6.07) is 5.78. The van der Waals surface area contributed by atoms with Crippen LogP contribution in [0, 0.1) is 0 Å². The minimum Gasteiger partial charge on any atom is -0.475 e. The minimum absolute atomic E-state index is 0.340. The van der Waals surface area contributed by atoms with E-state index in [0.717, 1.165) is 17.0 Å². The Bertz CT molecular complexity index is 700. The third kappa shape index (κ3) is 6.03. The number of nitrogens with zero attached hydrogens (tertiary/aromatic N) is 3. The fourth-order valence-electron chi connectivity index (χ4n) is 2.17. The number of guanidine groups is 1. The molecule has 0 aromatic carbocycles. The van der Waals surface area contributed by atoms with Gasteiger partial charge in [0.2, 0.25) is 5.88 Å². The van der Waals surface area contributed by atoms with E-state index in [2.05, 4.69) is 39.6 Å². The van der Waals surface area contributed by atoms with E-state index in [1.165, 1.54) is 0 Å². The van der Waals surface area contributed by atoms with Crippen molar-refractivity contribution in [3.05, 3.63) is 41.4 Å². The molecular formula is C18H27N5O3. The summed E-state index contributed by atoms with van der Waals surface area (Å²) in [5, 5.41) is 10.5. The van der Waals surface area contributed by atoms with Crippen LogP contribution in [0.1, 0.15) is 36.8 Å². The maximum atomic E-state index is 5.64. The van der Waals surface area contributed by atoms with Crippen LogP contribution in [0.3, 0.4) is 0 Å². The highest BCUT2D eigenvalue weighted by molar-refractivity contribution is 5.79. The Labute approximate surface area is 154 Å². The summed E-state index contributed by atoms with van der Waals surface area (Å²) < 4.78 is 16.0. The van der Waals surface area contributed by atoms with Gasteiger partial charge in [0.25, 0.3) is 0 Å². The SMILES string of the molecule is CN=C(NCc1cc(C(C)C)no1)NCc1cccnc1OCCOC. The lowest BCUT2D eigenvalue weighted by Crippen LogP contribution is -2.36. The van der Waals surface area contributed by atoms with Crippen molar-refractivity contribution in [2.75, 3.05) is 27.4 Å². The quantitative estimate of drug-likeness (QED) is 0.401. The molecule has 0 atom stereocenters. The van der Waals surface area contributed by atoms with Crippen LogP contribution >= 0.6 is 0 Å². The smallest absolute Gasteiger partial charge is 0.218 e. The Kier molecular flexibility index (Phi) is 7.88. The van der Waals surface area contributed by atoms with Crippen molar-refractivity contribution in [3.8, 4) is 5.88 Å². The Morgan fingerprint density at radius 3 is 2.77 bits per heavy atom. The number of nitrogens with one attached hydrogen (secondary N) is 2. The standard InChI is InChI=1S/C18H27N5O3/c1-13(2)16-10-15(26-23-16)12-22-18(19-3)21-11-14-6-5-7-20-17(14)25-9-8-24-4/h5-7,10,13H,8-9,11-12H2,1-4H3,(H2,19,21,22). The topological polar surface area (TPSA) is 93.8 Å². The van der Waals surface area contributed by atoms with Crippen molar-refractivity contribution in [2.24, 2.45) is 4.99 Å². The second-order valence-corrected chi connectivity index (χ2v) is 5.96. The fraction of sp³-hybridized carbons (Fsp3) is 0.500. The highest BCUT2D eigenvalue weighted by Crippen LogP contribution is 2.15. The van der Waals surface area contributed by atoms with Crippen LogP contribution < -0.4 is 15.4 Å². The van der Waals surface area contributed by atoms with Crippen LogP contribution in [0.15, 0.2) is 33.9 Å². The molecule has 0 saturated heterocycles. The van der Waals surface area contributed by atoms with Gasteiger partial charge in [0.1, 0.15) is 6.61 Å². The lowest BCUT2D eigenvalue weighted by Gasteiger charge is -2.13. The number of pyridine rings is 1. The van der Waals surface area contributed by atoms with E-state index in [9.17, 15) is 0 Å². The van der Waals surface area contributed by atoms with Gasteiger partial charge in [-0.15, -0.1) is 0 Å². The van der Waals surface area contributed by atoms with Crippen LogP contribution in [0.25, 0.3) is 0 Å². The first-order chi connectivity index (χ1) is 12.6. The summed E-state index contributed by atoms with van der Waals surface area (Å²) in [4.78, 5) is 8.48. The largest absolute Gasteiger partial charge is 0.475 e. The molecule has 0 fully saturated rings. The Morgan fingerprint density at radius 1 is 1.27 bits per heavy atom. The maximum Gasteiger partial charge on any atom is 0.218 e. The molecule has 2 aromatic heterocycles. The van der Waals surface area contributed by atoms with E-state index in [4.69, 9.17) is 14.0 Å². The molecule has 8 heteroatoms. The zero-order chi connectivity index (χ0) is 18.8. The molecule has 26 heavy (non-hydrogen) atoms. The summed E-state index contributed by atoms with van der Waals surface area (Å²) in [6.45, 7) is 6.16. The number of hydrogen-bond acceptors (Lipinski definition) is 6. The van der Waals surface area contributed by atoms with E-state index in [1.54, 1.807) is 20.4 Å². The monoisotopic (exact) mass is 361 g/mol. The highest BCUT2D eigenvalue weighted by Gasteiger charge is 2.09. The Balaban J connectivity index is 1.86. The molecule has 142 valence electrons. The first-order valence-corrected chi connectivity index (χ1v) is 8.59. The Hall–Kier alpha value is -2.61. The average molecular weight is 361 g/mol. The molecule has 0 aliphatic heterocycles. The molecule has 0 bridgehead atoms. The summed E-state index contributed by atoms with van der Waals surface area (Å²) >= 11 is 0. The van der Waals surface area contributed by atoms with E-state index >= 15 is 0 Å². The number of aromatic nitrogens is 2. The van der Waals surface area contributed by atoms with Gasteiger partial charge in [0.15, 0.2) is 11.7 Å². The van der Waals surface area contributed by atoms with Crippen molar-refractivity contribution < 1.29 is 14.0 Å². The summed E-state index contributed by atoms with van der Waals surface area (Å²) in [5.41, 5.74) is 1.88. The van der Waals surface area contributed by atoms with Crippen molar-refractivity contribution in [3.63, 3.8) is 0 Å². The predicted octanol–water partition coefficient (Wildman–Crippen LogP) is 2.08. The summed E-state index contributed by atoms with van der Waals surface area (Å²) in [7, 11) is 3.35. The minimum atomic E-state index is 0.340. The lowest BCUT2D eigenvalue weighted by atomic mass is 10.1. The fourth-order valence-corrected chi connectivity index (χ4v) is 2.17. The summed E-state index contributed by atoms with van der Waals surface area (Å²) in [5.74, 6) is 2.34. The highest BCUT2D eigenvalue weighted by atomic mass is 16.5. The molecule has 2 heterocycles. The molecule has 0 amide bonds. The first kappa shape index (κ1) is 19.7. The molecular weight excluding hydrogens is 334 g/mol. The van der Waals surface area contributed by atoms with Gasteiger partial charge in [-0.05, 0) is 12.0 Å². The van der Waals surface area contributed by atoms with E-state index in [1.807, 2.05) is 18.2 Å². The third-order valence-corrected chi connectivity index (χ3v) is 3.64. The summed E-state index contributed by atoms with van der Waals surface area (Å²) in [6.07, 6.45) is 1.70. The maximum absolute atomic E-state index is 5.64. The normalized spacial score (nSPS) is 11.7. The number of aliphatic imine (C=N–C) groups is 1. The van der Waals surface area contributed by atoms with E-state index in [0.29, 0.717) is 44.1 Å². The number of ether oxygens (including phenoxy) is 2. The van der Waals surface area contributed by atoms with Gasteiger partial charge in [-0.25, -0.2) is 4.98 Å². The average Bonchev–Trinajstić information content (AvgIpc) is 3.12. The van der Waals surface area contributed by atoms with Gasteiger partial charge in [-0.3, -0.25) is 4.99 Å². The molecule has 0 spiro atoms. The number of rotatable bonds is 9. The molecule has 0 unspecified atom stereocenters. The molecule has 0 radical (unpaired) electrons. The van der Waals surface area contributed by atoms with E-state index < -0.39 is 0 Å². The molecule has 0 saturated carbocycles. The van der Waals surface area contributed by atoms with Crippen molar-refractivity contribution in [2.45, 2.75) is 32.9 Å². The Morgan fingerprint density at radius 2 is 2.08 bits per heavy atom. The van der Waals surface area contributed by atoms with Crippen LogP contribution in [0.5, 0.6) is 5.88 Å². The van der Waals surface area contributed by atoms with Crippen molar-refractivity contribution in [1.29, 1.82) is 0 Å². The lowest BCUT2D eigenvalue weighted by molar-refractivity contribution is 0.143. The van der Waals surface area contributed by atoms with Crippen LogP contribution in [-0.4, -0.2) is 43.5 Å². The first-order valence-electron chi connectivity index (χ1n) is 8.59. The van der Waals surface area contributed by atoms with Crippen molar-refractivity contribution in [1.82, 2.24) is 20.8 Å². The van der Waals surface area contributed by atoms with Gasteiger partial charge in [-0.1, -0.05) is 25.1 Å². The molecule has 0 aliphatic carbocycles. The van der Waals surface area contributed by atoms with Crippen LogP contribution in [-0.2, 0) is 17.8 Å². The van der Waals surface area contributed by atoms with Crippen LogP contribution in [0.2, 0.25) is 0 Å². The van der Waals surface area contributed by atoms with Crippen LogP contribution in [0.4, 0.5) is 0 Å². The third-order valence-electron chi connectivity index (χ3n) is 3.64.